The van der Waals surface area contributed by atoms with Crippen molar-refractivity contribution in [2.24, 2.45) is 0 Å². The zero-order valence-electron chi connectivity index (χ0n) is 22.6. The molecule has 33 heavy (non-hydrogen) atoms. The predicted molar refractivity (Wildman–Crippen MR) is 146 cm³/mol. The van der Waals surface area contributed by atoms with E-state index in [-0.39, 0.29) is 47.1 Å². The number of para-hydroxylation sites is 1. The Labute approximate surface area is 225 Å². The largest absolute Gasteiger partial charge is 3.00 e. The van der Waals surface area contributed by atoms with E-state index in [1.54, 1.807) is 0 Å². The van der Waals surface area contributed by atoms with E-state index in [4.69, 9.17) is 10.3 Å². The summed E-state index contributed by atoms with van der Waals surface area (Å²) in [4.78, 5) is 5.18. The van der Waals surface area contributed by atoms with Crippen LogP contribution in [0.5, 0.6) is 0 Å². The molecule has 1 fully saturated rings. The van der Waals surface area contributed by atoms with Crippen LogP contribution in [-0.4, -0.2) is 13.1 Å². The Bertz CT molecular complexity index is 810. The molecule has 3 rings (SSSR count). The third-order valence-corrected chi connectivity index (χ3v) is 7.73. The molecule has 1 heterocycles. The van der Waals surface area contributed by atoms with Gasteiger partial charge in [-0.25, -0.2) is 0 Å². The first-order chi connectivity index (χ1) is 14.2. The smallest absolute Gasteiger partial charge is 0.677 e. The molecule has 0 aliphatic heterocycles. The zero-order chi connectivity index (χ0) is 21.9. The fraction of sp³-hybridized carbons (Fsp3) is 0.517. The minimum atomic E-state index is -1.34. The predicted octanol–water partition coefficient (Wildman–Crippen LogP) is 9.78. The van der Waals surface area contributed by atoms with Crippen molar-refractivity contribution in [3.8, 4) is 0 Å². The molecular formula is C29H46N2SiZr-. The van der Waals surface area contributed by atoms with Gasteiger partial charge < -0.3 is 26.6 Å². The maximum Gasteiger partial charge on any atom is 3.00 e. The first-order valence-electron chi connectivity index (χ1n) is 11.8. The molecule has 0 amide bonds. The second kappa shape index (κ2) is 14.0. The van der Waals surface area contributed by atoms with Gasteiger partial charge in [0.15, 0.2) is 0 Å². The maximum absolute atomic E-state index is 5.49. The summed E-state index contributed by atoms with van der Waals surface area (Å²) in [5.41, 5.74) is 6.33. The molecule has 1 aliphatic rings. The number of rotatable bonds is 8. The van der Waals surface area contributed by atoms with Crippen molar-refractivity contribution in [2.75, 3.05) is 0 Å². The van der Waals surface area contributed by atoms with Gasteiger partial charge >= 0.3 is 26.2 Å². The zero-order valence-corrected chi connectivity index (χ0v) is 26.0. The van der Waals surface area contributed by atoms with E-state index in [1.165, 1.54) is 41.8 Å². The quantitative estimate of drug-likeness (QED) is 0.241. The molecule has 0 bridgehead atoms. The fourth-order valence-electron chi connectivity index (χ4n) is 4.52. The molecule has 2 unspecified atom stereocenters. The van der Waals surface area contributed by atoms with Crippen molar-refractivity contribution in [1.29, 1.82) is 0 Å². The maximum atomic E-state index is 5.49. The summed E-state index contributed by atoms with van der Waals surface area (Å²) >= 11 is 0. The van der Waals surface area contributed by atoms with Crippen molar-refractivity contribution in [1.82, 2.24) is 4.98 Å². The van der Waals surface area contributed by atoms with Crippen molar-refractivity contribution >= 4 is 13.8 Å². The number of hydrogen-bond donors (Lipinski definition) is 0. The van der Waals surface area contributed by atoms with Crippen LogP contribution in [0.2, 0.25) is 25.7 Å². The van der Waals surface area contributed by atoms with Gasteiger partial charge in [0.2, 0.25) is 0 Å². The average Bonchev–Trinajstić information content (AvgIpc) is 3.21. The van der Waals surface area contributed by atoms with Crippen molar-refractivity contribution in [3.63, 3.8) is 0 Å². The SMILES string of the molecule is CC(C)c1cccc(C(C)C)c1[N-]C(C[Si](C)(C)C)c1cccc(C2[CH-]CCC2)n1.[CH3-].[CH3-].[Zr+3]. The van der Waals surface area contributed by atoms with Gasteiger partial charge in [0.25, 0.3) is 0 Å². The van der Waals surface area contributed by atoms with E-state index in [0.29, 0.717) is 17.8 Å². The topological polar surface area (TPSA) is 27.0 Å². The van der Waals surface area contributed by atoms with Crippen LogP contribution >= 0.6 is 0 Å². The number of hydrogen-bond acceptors (Lipinski definition) is 1. The Morgan fingerprint density at radius 2 is 1.55 bits per heavy atom. The molecule has 0 spiro atoms. The Balaban J connectivity index is 0.00000341. The third kappa shape index (κ3) is 8.77. The van der Waals surface area contributed by atoms with Crippen LogP contribution in [0.25, 0.3) is 5.32 Å². The summed E-state index contributed by atoms with van der Waals surface area (Å²) in [6, 6.07) is 14.6. The fourth-order valence-corrected chi connectivity index (χ4v) is 5.98. The number of aromatic nitrogens is 1. The number of nitrogens with zero attached hydrogens (tertiary/aromatic N) is 2. The molecule has 181 valence electrons. The van der Waals surface area contributed by atoms with E-state index in [9.17, 15) is 0 Å². The normalized spacial score (nSPS) is 16.6. The second-order valence-corrected chi connectivity index (χ2v) is 16.3. The van der Waals surface area contributed by atoms with Crippen LogP contribution in [0.1, 0.15) is 93.3 Å². The molecule has 1 aromatic heterocycles. The van der Waals surface area contributed by atoms with Gasteiger partial charge in [-0.15, -0.1) is 11.6 Å². The first kappa shape index (κ1) is 32.3. The minimum absolute atomic E-state index is 0. The van der Waals surface area contributed by atoms with Crippen molar-refractivity contribution in [2.45, 2.75) is 96.4 Å². The molecule has 1 radical (unpaired) electrons. The Morgan fingerprint density at radius 3 is 2.03 bits per heavy atom. The van der Waals surface area contributed by atoms with Crippen molar-refractivity contribution in [3.05, 3.63) is 85.5 Å². The van der Waals surface area contributed by atoms with Crippen LogP contribution in [0.15, 0.2) is 36.4 Å². The standard InChI is InChI=1S/C27H40N2Si.2CH3.Zr/c1-19(2)22-14-10-15-23(20(3)4)27(22)29-26(18-30(5,6)7)25-17-11-16-24(28-25)21-12-8-9-13-21;;;/h10-12,14-17,19-21,26H,8-9,13,18H2,1-7H3;2*1H3;/q-2;2*-1;+3. The van der Waals surface area contributed by atoms with Gasteiger partial charge in [0.05, 0.1) is 0 Å². The summed E-state index contributed by atoms with van der Waals surface area (Å²) in [6.45, 7) is 16.5. The van der Waals surface area contributed by atoms with Gasteiger partial charge in [-0.2, -0.15) is 6.42 Å². The van der Waals surface area contributed by atoms with Crippen LogP contribution < -0.4 is 0 Å². The monoisotopic (exact) mass is 540 g/mol. The van der Waals surface area contributed by atoms with E-state index in [2.05, 4.69) is 90.2 Å². The first-order valence-corrected chi connectivity index (χ1v) is 15.5. The van der Waals surface area contributed by atoms with E-state index < -0.39 is 8.07 Å². The molecule has 2 nitrogen and oxygen atoms in total. The molecule has 4 heteroatoms. The molecule has 1 aromatic carbocycles. The number of benzene rings is 1. The number of pyridine rings is 1. The van der Waals surface area contributed by atoms with E-state index in [0.717, 1.165) is 11.7 Å². The molecule has 0 saturated heterocycles. The van der Waals surface area contributed by atoms with Crippen LogP contribution in [0.4, 0.5) is 5.69 Å². The van der Waals surface area contributed by atoms with Gasteiger partial charge in [0, 0.05) is 19.5 Å². The van der Waals surface area contributed by atoms with Crippen LogP contribution in [0.3, 0.4) is 0 Å². The van der Waals surface area contributed by atoms with E-state index >= 15 is 0 Å². The van der Waals surface area contributed by atoms with Crippen molar-refractivity contribution < 1.29 is 26.2 Å². The van der Waals surface area contributed by atoms with Gasteiger partial charge in [-0.1, -0.05) is 108 Å². The second-order valence-electron chi connectivity index (χ2n) is 10.8. The molecule has 2 aromatic rings. The molecule has 2 atom stereocenters. The molecule has 1 aliphatic carbocycles. The Kier molecular flexibility index (Phi) is 13.7. The Morgan fingerprint density at radius 1 is 0.970 bits per heavy atom. The molecule has 0 N–H and O–H groups in total. The summed E-state index contributed by atoms with van der Waals surface area (Å²) in [5.74, 6) is 1.44. The van der Waals surface area contributed by atoms with Gasteiger partial charge in [-0.05, 0) is 24.0 Å². The molecular weight excluding hydrogens is 496 g/mol. The minimum Gasteiger partial charge on any atom is -0.677 e. The average molecular weight is 542 g/mol. The summed E-state index contributed by atoms with van der Waals surface area (Å²) in [6.07, 6.45) is 6.19. The Hall–Kier alpha value is -0.730. The van der Waals surface area contributed by atoms with Crippen LogP contribution in [0, 0.1) is 21.3 Å². The van der Waals surface area contributed by atoms with Gasteiger partial charge in [0.1, 0.15) is 0 Å². The third-order valence-electron chi connectivity index (χ3n) is 6.12. The molecule has 1 saturated carbocycles. The summed E-state index contributed by atoms with van der Waals surface area (Å²) < 4.78 is 0. The summed E-state index contributed by atoms with van der Waals surface area (Å²) in [5, 5.41) is 5.49. The summed E-state index contributed by atoms with van der Waals surface area (Å²) in [7, 11) is -1.34. The van der Waals surface area contributed by atoms with E-state index in [1.807, 2.05) is 0 Å². The van der Waals surface area contributed by atoms with Gasteiger partial charge in [-0.3, -0.25) is 4.98 Å². The van der Waals surface area contributed by atoms with Crippen LogP contribution in [-0.2, 0) is 26.2 Å².